The fourth-order valence-corrected chi connectivity index (χ4v) is 5.50. The lowest BCUT2D eigenvalue weighted by Crippen LogP contribution is -2.32. The molecule has 2 aromatic carbocycles. The summed E-state index contributed by atoms with van der Waals surface area (Å²) in [6, 6.07) is 6.80. The molecule has 2 aromatic rings. The fourth-order valence-electron chi connectivity index (χ4n) is 3.38. The smallest absolute Gasteiger partial charge is 0.251 e. The quantitative estimate of drug-likeness (QED) is 0.495. The molecule has 8 nitrogen and oxygen atoms in total. The largest absolute Gasteiger partial charge is 0.348 e. The predicted octanol–water partition coefficient (Wildman–Crippen LogP) is 2.11. The summed E-state index contributed by atoms with van der Waals surface area (Å²) in [6.45, 7) is 3.23. The first kappa shape index (κ1) is 25.9. The third kappa shape index (κ3) is 5.84. The van der Waals surface area contributed by atoms with E-state index in [1.54, 1.807) is 0 Å². The molecule has 0 aromatic heterocycles. The van der Waals surface area contributed by atoms with Crippen molar-refractivity contribution in [3.8, 4) is 0 Å². The monoisotopic (exact) mass is 517 g/mol. The van der Waals surface area contributed by atoms with E-state index in [1.165, 1.54) is 28.6 Å². The summed E-state index contributed by atoms with van der Waals surface area (Å²) in [5.41, 5.74) is -0.162. The van der Waals surface area contributed by atoms with Crippen LogP contribution in [0.25, 0.3) is 0 Å². The number of amides is 1. The van der Waals surface area contributed by atoms with Crippen LogP contribution in [-0.4, -0.2) is 46.7 Å². The van der Waals surface area contributed by atoms with Gasteiger partial charge in [-0.3, -0.25) is 4.79 Å². The first-order valence-electron chi connectivity index (χ1n) is 10.1. The summed E-state index contributed by atoms with van der Waals surface area (Å²) in [4.78, 5) is 12.2. The normalized spacial score (nSPS) is 17.0. The molecule has 1 amide bonds. The number of hydrogen-bond acceptors (Lipinski definition) is 5. The van der Waals surface area contributed by atoms with Crippen molar-refractivity contribution in [1.82, 2.24) is 14.3 Å². The lowest BCUT2D eigenvalue weighted by Gasteiger charge is -2.17. The molecule has 1 heterocycles. The van der Waals surface area contributed by atoms with Gasteiger partial charge in [0.2, 0.25) is 20.0 Å². The second-order valence-corrected chi connectivity index (χ2v) is 11.3. The van der Waals surface area contributed by atoms with E-state index in [9.17, 15) is 34.8 Å². The summed E-state index contributed by atoms with van der Waals surface area (Å²) < 4.78 is 92.3. The molecule has 0 aliphatic carbocycles. The van der Waals surface area contributed by atoms with E-state index < -0.39 is 50.0 Å². The molecule has 3 rings (SSSR count). The zero-order valence-electron chi connectivity index (χ0n) is 17.8. The van der Waals surface area contributed by atoms with Gasteiger partial charge in [-0.25, -0.2) is 34.7 Å². The molecule has 0 unspecified atom stereocenters. The van der Waals surface area contributed by atoms with E-state index >= 15 is 0 Å². The number of carbonyl (C=O) groups is 1. The lowest BCUT2D eigenvalue weighted by atomic mass is 10.1. The van der Waals surface area contributed by atoms with Crippen LogP contribution in [0, 0.1) is 23.4 Å². The maximum Gasteiger partial charge on any atom is 0.251 e. The van der Waals surface area contributed by atoms with Gasteiger partial charge in [-0.2, -0.15) is 4.31 Å². The Morgan fingerprint density at radius 2 is 1.74 bits per heavy atom. The molecule has 34 heavy (non-hydrogen) atoms. The highest BCUT2D eigenvalue weighted by Crippen LogP contribution is 2.24. The second kappa shape index (κ2) is 10.3. The molecule has 0 radical (unpaired) electrons. The Bertz CT molecular complexity index is 1300. The minimum Gasteiger partial charge on any atom is -0.348 e. The van der Waals surface area contributed by atoms with Crippen LogP contribution in [0.1, 0.15) is 22.3 Å². The van der Waals surface area contributed by atoms with E-state index in [0.29, 0.717) is 6.42 Å². The average molecular weight is 518 g/mol. The van der Waals surface area contributed by atoms with Gasteiger partial charge in [0, 0.05) is 42.7 Å². The molecule has 0 bridgehead atoms. The number of nitrogens with one attached hydrogen (secondary N) is 2. The Balaban J connectivity index is 1.61. The van der Waals surface area contributed by atoms with Crippen molar-refractivity contribution in [1.29, 1.82) is 0 Å². The zero-order chi connectivity index (χ0) is 25.1. The molecule has 0 spiro atoms. The molecule has 184 valence electrons. The number of benzene rings is 2. The number of halogens is 3. The van der Waals surface area contributed by atoms with Gasteiger partial charge in [-0.1, -0.05) is 12.6 Å². The summed E-state index contributed by atoms with van der Waals surface area (Å²) in [5.74, 6) is -5.24. The molecule has 13 heteroatoms. The number of nitrogens with zero attached hydrogens (tertiary/aromatic N) is 1. The SMILES string of the molecule is C=CS(=O)(=O)NC[C@H]1CCN(S(=O)(=O)c2ccc(C(=O)NCc3ccc(F)c(F)c3F)cc2)C1. The van der Waals surface area contributed by atoms with Crippen molar-refractivity contribution < 1.29 is 34.8 Å². The van der Waals surface area contributed by atoms with Crippen LogP contribution in [0.15, 0.2) is 53.3 Å². The summed E-state index contributed by atoms with van der Waals surface area (Å²) >= 11 is 0. The molecule has 1 aliphatic heterocycles. The molecule has 0 saturated carbocycles. The van der Waals surface area contributed by atoms with Crippen molar-refractivity contribution >= 4 is 26.0 Å². The van der Waals surface area contributed by atoms with E-state index in [0.717, 1.165) is 17.5 Å². The number of sulfonamides is 2. The highest BCUT2D eigenvalue weighted by Gasteiger charge is 2.33. The Morgan fingerprint density at radius 1 is 1.06 bits per heavy atom. The first-order chi connectivity index (χ1) is 15.9. The Kier molecular flexibility index (Phi) is 7.81. The Hall–Kier alpha value is -2.74. The number of hydrogen-bond donors (Lipinski definition) is 2. The molecular formula is C21H22F3N3O5S2. The number of carbonyl (C=O) groups excluding carboxylic acids is 1. The van der Waals surface area contributed by atoms with Crippen molar-refractivity contribution in [2.24, 2.45) is 5.92 Å². The minimum atomic E-state index is -3.87. The van der Waals surface area contributed by atoms with Crippen LogP contribution < -0.4 is 10.0 Å². The van der Waals surface area contributed by atoms with Crippen LogP contribution in [0.3, 0.4) is 0 Å². The highest BCUT2D eigenvalue weighted by atomic mass is 32.2. The lowest BCUT2D eigenvalue weighted by molar-refractivity contribution is 0.0950. The Labute approximate surface area is 195 Å². The third-order valence-corrected chi connectivity index (χ3v) is 8.24. The van der Waals surface area contributed by atoms with Gasteiger partial charge in [-0.15, -0.1) is 0 Å². The van der Waals surface area contributed by atoms with Crippen LogP contribution in [-0.2, 0) is 26.6 Å². The van der Waals surface area contributed by atoms with Gasteiger partial charge in [0.1, 0.15) is 0 Å². The van der Waals surface area contributed by atoms with Crippen molar-refractivity contribution in [3.05, 3.63) is 77.0 Å². The minimum absolute atomic E-state index is 0.0528. The van der Waals surface area contributed by atoms with Crippen LogP contribution in [0.4, 0.5) is 13.2 Å². The molecule has 1 aliphatic rings. The standard InChI is InChI=1S/C21H22F3N3O5S2/c1-2-33(29,30)26-11-14-9-10-27(13-14)34(31,32)17-6-3-15(4-7-17)21(28)25-12-16-5-8-18(22)20(24)19(16)23/h2-8,14,26H,1,9-13H2,(H,25,28)/t14-/m1/s1. The van der Waals surface area contributed by atoms with Gasteiger partial charge in [0.05, 0.1) is 4.90 Å². The summed E-state index contributed by atoms with van der Waals surface area (Å²) in [6.07, 6.45) is 0.472. The maximum atomic E-state index is 13.7. The maximum absolute atomic E-state index is 13.7. The van der Waals surface area contributed by atoms with Gasteiger partial charge >= 0.3 is 0 Å². The van der Waals surface area contributed by atoms with E-state index in [4.69, 9.17) is 0 Å². The van der Waals surface area contributed by atoms with Gasteiger partial charge in [-0.05, 0) is 42.7 Å². The summed E-state index contributed by atoms with van der Waals surface area (Å²) in [5, 5.41) is 3.14. The third-order valence-electron chi connectivity index (χ3n) is 5.35. The zero-order valence-corrected chi connectivity index (χ0v) is 19.4. The van der Waals surface area contributed by atoms with E-state index in [1.807, 2.05) is 0 Å². The topological polar surface area (TPSA) is 113 Å². The van der Waals surface area contributed by atoms with Crippen molar-refractivity contribution in [3.63, 3.8) is 0 Å². The first-order valence-corrected chi connectivity index (χ1v) is 13.1. The van der Waals surface area contributed by atoms with Gasteiger partial charge in [0.25, 0.3) is 5.91 Å². The van der Waals surface area contributed by atoms with E-state index in [2.05, 4.69) is 16.6 Å². The number of rotatable bonds is 9. The van der Waals surface area contributed by atoms with Crippen molar-refractivity contribution in [2.75, 3.05) is 19.6 Å². The average Bonchev–Trinajstić information content (AvgIpc) is 3.31. The fraction of sp³-hybridized carbons (Fsp3) is 0.286. The van der Waals surface area contributed by atoms with Crippen molar-refractivity contribution in [2.45, 2.75) is 17.9 Å². The Morgan fingerprint density at radius 3 is 2.38 bits per heavy atom. The second-order valence-electron chi connectivity index (χ2n) is 7.62. The van der Waals surface area contributed by atoms with Crippen LogP contribution in [0.5, 0.6) is 0 Å². The molecule has 1 atom stereocenters. The molecular weight excluding hydrogens is 495 g/mol. The molecule has 2 N–H and O–H groups in total. The van der Waals surface area contributed by atoms with Gasteiger partial charge < -0.3 is 5.32 Å². The van der Waals surface area contributed by atoms with Crippen LogP contribution in [0.2, 0.25) is 0 Å². The highest BCUT2D eigenvalue weighted by molar-refractivity contribution is 7.92. The van der Waals surface area contributed by atoms with Gasteiger partial charge in [0.15, 0.2) is 17.5 Å². The molecule has 1 fully saturated rings. The predicted molar refractivity (Wildman–Crippen MR) is 118 cm³/mol. The molecule has 1 saturated heterocycles. The summed E-state index contributed by atoms with van der Waals surface area (Å²) in [7, 11) is -7.47. The van der Waals surface area contributed by atoms with E-state index in [-0.39, 0.29) is 41.6 Å². The van der Waals surface area contributed by atoms with Crippen LogP contribution >= 0.6 is 0 Å².